The molecule has 0 fully saturated rings. The molecule has 0 saturated carbocycles. The van der Waals surface area contributed by atoms with Gasteiger partial charge in [-0.1, -0.05) is 26.8 Å². The van der Waals surface area contributed by atoms with Gasteiger partial charge in [0, 0.05) is 25.1 Å². The zero-order chi connectivity index (χ0) is 17.0. The van der Waals surface area contributed by atoms with Crippen molar-refractivity contribution in [3.8, 4) is 5.75 Å². The fourth-order valence-electron chi connectivity index (χ4n) is 2.54. The summed E-state index contributed by atoms with van der Waals surface area (Å²) in [5, 5.41) is 10.1. The summed E-state index contributed by atoms with van der Waals surface area (Å²) in [7, 11) is 0. The molecule has 4 heteroatoms. The van der Waals surface area contributed by atoms with Crippen LogP contribution in [0.2, 0.25) is 0 Å². The van der Waals surface area contributed by atoms with Gasteiger partial charge in [-0.25, -0.2) is 0 Å². The molecule has 0 heterocycles. The SMILES string of the molecule is CCC(C)Oc1cccc(N=CC2=C(O)CC(C)(C)CC2=O)c1. The van der Waals surface area contributed by atoms with E-state index >= 15 is 0 Å². The Hall–Kier alpha value is -2.10. The van der Waals surface area contributed by atoms with Crippen molar-refractivity contribution < 1.29 is 14.6 Å². The molecule has 0 aliphatic heterocycles. The smallest absolute Gasteiger partial charge is 0.168 e. The van der Waals surface area contributed by atoms with Crippen LogP contribution in [-0.4, -0.2) is 23.2 Å². The number of aliphatic hydroxyl groups is 1. The van der Waals surface area contributed by atoms with Crippen molar-refractivity contribution in [1.82, 2.24) is 0 Å². The van der Waals surface area contributed by atoms with E-state index in [1.165, 1.54) is 6.21 Å². The first-order valence-electron chi connectivity index (χ1n) is 8.07. The lowest BCUT2D eigenvalue weighted by atomic mass is 9.77. The largest absolute Gasteiger partial charge is 0.511 e. The lowest BCUT2D eigenvalue weighted by Gasteiger charge is -2.28. The number of hydrogen-bond acceptors (Lipinski definition) is 4. The van der Waals surface area contributed by atoms with Crippen LogP contribution < -0.4 is 4.74 Å². The van der Waals surface area contributed by atoms with E-state index in [2.05, 4.69) is 11.9 Å². The van der Waals surface area contributed by atoms with Crippen LogP contribution in [0.25, 0.3) is 0 Å². The second-order valence-corrected chi connectivity index (χ2v) is 6.89. The lowest BCUT2D eigenvalue weighted by Crippen LogP contribution is -2.26. The van der Waals surface area contributed by atoms with Crippen LogP contribution >= 0.6 is 0 Å². The first kappa shape index (κ1) is 17.3. The van der Waals surface area contributed by atoms with Gasteiger partial charge in [-0.2, -0.15) is 0 Å². The van der Waals surface area contributed by atoms with Gasteiger partial charge in [0.2, 0.25) is 0 Å². The summed E-state index contributed by atoms with van der Waals surface area (Å²) in [6.45, 7) is 8.04. The number of benzene rings is 1. The summed E-state index contributed by atoms with van der Waals surface area (Å²) < 4.78 is 5.76. The molecule has 1 aliphatic rings. The molecule has 1 atom stereocenters. The molecule has 2 rings (SSSR count). The maximum atomic E-state index is 12.2. The number of aliphatic hydroxyl groups excluding tert-OH is 1. The van der Waals surface area contributed by atoms with E-state index in [9.17, 15) is 9.90 Å². The van der Waals surface area contributed by atoms with Crippen molar-refractivity contribution in [3.63, 3.8) is 0 Å². The number of allylic oxidation sites excluding steroid dienone is 2. The van der Waals surface area contributed by atoms with Gasteiger partial charge >= 0.3 is 0 Å². The molecular weight excluding hydrogens is 290 g/mol. The van der Waals surface area contributed by atoms with E-state index in [0.29, 0.717) is 24.1 Å². The van der Waals surface area contributed by atoms with Gasteiger partial charge in [0.1, 0.15) is 11.5 Å². The van der Waals surface area contributed by atoms with Gasteiger partial charge in [0.15, 0.2) is 5.78 Å². The number of rotatable bonds is 5. The number of ether oxygens (including phenoxy) is 1. The Bertz CT molecular complexity index is 644. The molecule has 4 nitrogen and oxygen atoms in total. The van der Waals surface area contributed by atoms with E-state index in [0.717, 1.165) is 12.2 Å². The van der Waals surface area contributed by atoms with Gasteiger partial charge in [0.25, 0.3) is 0 Å². The zero-order valence-electron chi connectivity index (χ0n) is 14.3. The molecule has 1 aliphatic carbocycles. The van der Waals surface area contributed by atoms with Gasteiger partial charge < -0.3 is 9.84 Å². The van der Waals surface area contributed by atoms with Gasteiger partial charge in [-0.15, -0.1) is 0 Å². The highest BCUT2D eigenvalue weighted by molar-refractivity contribution is 6.14. The van der Waals surface area contributed by atoms with Gasteiger partial charge in [-0.3, -0.25) is 9.79 Å². The third-order valence-corrected chi connectivity index (χ3v) is 3.97. The number of nitrogens with zero attached hydrogens (tertiary/aromatic N) is 1. The van der Waals surface area contributed by atoms with Crippen molar-refractivity contribution in [3.05, 3.63) is 35.6 Å². The number of Topliss-reactive ketones (excluding diaryl/α,β-unsaturated/α-hetero) is 1. The molecule has 0 radical (unpaired) electrons. The molecule has 0 aromatic heterocycles. The Balaban J connectivity index is 2.17. The first-order valence-corrected chi connectivity index (χ1v) is 8.07. The minimum Gasteiger partial charge on any atom is -0.511 e. The van der Waals surface area contributed by atoms with Crippen molar-refractivity contribution in [1.29, 1.82) is 0 Å². The lowest BCUT2D eigenvalue weighted by molar-refractivity contribution is -0.117. The van der Waals surface area contributed by atoms with Crippen molar-refractivity contribution in [2.75, 3.05) is 0 Å². The molecule has 23 heavy (non-hydrogen) atoms. The number of carbonyl (C=O) groups excluding carboxylic acids is 1. The summed E-state index contributed by atoms with van der Waals surface area (Å²) >= 11 is 0. The predicted octanol–water partition coefficient (Wildman–Crippen LogP) is 4.77. The molecule has 1 aromatic carbocycles. The van der Waals surface area contributed by atoms with Crippen molar-refractivity contribution in [2.24, 2.45) is 10.4 Å². The maximum Gasteiger partial charge on any atom is 0.168 e. The van der Waals surface area contributed by atoms with Crippen LogP contribution in [0.4, 0.5) is 5.69 Å². The molecule has 1 unspecified atom stereocenters. The highest BCUT2D eigenvalue weighted by Gasteiger charge is 2.32. The first-order chi connectivity index (χ1) is 10.8. The average Bonchev–Trinajstić information content (AvgIpc) is 2.45. The van der Waals surface area contributed by atoms with Crippen LogP contribution in [0.15, 0.2) is 40.6 Å². The molecule has 1 N–H and O–H groups in total. The summed E-state index contributed by atoms with van der Waals surface area (Å²) in [4.78, 5) is 16.5. The Morgan fingerprint density at radius 2 is 2.13 bits per heavy atom. The fourth-order valence-corrected chi connectivity index (χ4v) is 2.54. The number of ketones is 1. The summed E-state index contributed by atoms with van der Waals surface area (Å²) in [6, 6.07) is 7.42. The van der Waals surface area contributed by atoms with E-state index in [1.807, 2.05) is 45.0 Å². The third-order valence-electron chi connectivity index (χ3n) is 3.97. The van der Waals surface area contributed by atoms with Crippen molar-refractivity contribution in [2.45, 2.75) is 53.1 Å². The van der Waals surface area contributed by atoms with Crippen LogP contribution in [-0.2, 0) is 4.79 Å². The fraction of sp³-hybridized carbons (Fsp3) is 0.474. The van der Waals surface area contributed by atoms with E-state index in [4.69, 9.17) is 4.74 Å². The van der Waals surface area contributed by atoms with E-state index in [1.54, 1.807) is 0 Å². The molecule has 0 saturated heterocycles. The monoisotopic (exact) mass is 315 g/mol. The minimum atomic E-state index is -0.192. The van der Waals surface area contributed by atoms with E-state index < -0.39 is 0 Å². The Labute approximate surface area is 137 Å². The van der Waals surface area contributed by atoms with Crippen LogP contribution in [0.3, 0.4) is 0 Å². The number of hydrogen-bond donors (Lipinski definition) is 1. The Morgan fingerprint density at radius 3 is 2.78 bits per heavy atom. The average molecular weight is 315 g/mol. The number of aliphatic imine (C=N–C) groups is 1. The summed E-state index contributed by atoms with van der Waals surface area (Å²) in [6.07, 6.45) is 3.46. The highest BCUT2D eigenvalue weighted by atomic mass is 16.5. The molecule has 0 bridgehead atoms. The van der Waals surface area contributed by atoms with Gasteiger partial charge in [-0.05, 0) is 30.9 Å². The van der Waals surface area contributed by atoms with Gasteiger partial charge in [0.05, 0.1) is 17.4 Å². The molecular formula is C19H25NO3. The van der Waals surface area contributed by atoms with E-state index in [-0.39, 0.29) is 23.1 Å². The Kier molecular flexibility index (Phi) is 5.24. The van der Waals surface area contributed by atoms with Crippen molar-refractivity contribution >= 4 is 17.7 Å². The highest BCUT2D eigenvalue weighted by Crippen LogP contribution is 2.35. The standard InChI is InChI=1S/C19H25NO3/c1-5-13(2)23-15-8-6-7-14(9-15)20-12-16-17(21)10-19(3,4)11-18(16)22/h6-9,12-13,21H,5,10-11H2,1-4H3. The molecule has 0 spiro atoms. The second kappa shape index (κ2) is 6.99. The normalized spacial score (nSPS) is 19.2. The minimum absolute atomic E-state index is 0.0606. The third kappa shape index (κ3) is 4.68. The Morgan fingerprint density at radius 1 is 1.39 bits per heavy atom. The topological polar surface area (TPSA) is 58.9 Å². The van der Waals surface area contributed by atoms with Crippen LogP contribution in [0.5, 0.6) is 5.75 Å². The number of carbonyl (C=O) groups is 1. The van der Waals surface area contributed by atoms with Crippen LogP contribution in [0, 0.1) is 5.41 Å². The summed E-state index contributed by atoms with van der Waals surface area (Å²) in [5.41, 5.74) is 0.823. The molecule has 1 aromatic rings. The quantitative estimate of drug-likeness (QED) is 0.796. The maximum absolute atomic E-state index is 12.2. The second-order valence-electron chi connectivity index (χ2n) is 6.89. The van der Waals surface area contributed by atoms with Crippen LogP contribution in [0.1, 0.15) is 47.0 Å². The molecule has 0 amide bonds. The zero-order valence-corrected chi connectivity index (χ0v) is 14.3. The molecule has 124 valence electrons. The predicted molar refractivity (Wildman–Crippen MR) is 92.7 cm³/mol. The summed E-state index contributed by atoms with van der Waals surface area (Å²) in [5.74, 6) is 0.819.